The van der Waals surface area contributed by atoms with E-state index in [0.29, 0.717) is 5.75 Å². The summed E-state index contributed by atoms with van der Waals surface area (Å²) in [4.78, 5) is 20.9. The molecule has 1 aromatic carbocycles. The molecule has 0 aliphatic rings. The van der Waals surface area contributed by atoms with Crippen molar-refractivity contribution >= 4 is 56.3 Å². The van der Waals surface area contributed by atoms with Crippen molar-refractivity contribution in [3.05, 3.63) is 41.9 Å². The highest BCUT2D eigenvalue weighted by Gasteiger charge is 2.19. The number of carboxylic acid groups (broad SMARTS) is 1. The molecule has 160 valence electrons. The summed E-state index contributed by atoms with van der Waals surface area (Å²) in [5.74, 6) is 0.524. The average molecular weight is 472 g/mol. The van der Waals surface area contributed by atoms with Gasteiger partial charge in [0, 0.05) is 17.0 Å². The number of rotatable bonds is 9. The first-order chi connectivity index (χ1) is 15.1. The van der Waals surface area contributed by atoms with Crippen LogP contribution < -0.4 is 10.5 Å². The third-order valence-electron chi connectivity index (χ3n) is 4.57. The third kappa shape index (κ3) is 4.84. The number of hydrogen-bond donors (Lipinski definition) is 2. The Hall–Kier alpha value is -2.62. The van der Waals surface area contributed by atoms with Crippen LogP contribution in [-0.2, 0) is 4.79 Å². The molecule has 6 nitrogen and oxygen atoms in total. The van der Waals surface area contributed by atoms with E-state index in [1.165, 1.54) is 0 Å². The third-order valence-corrected chi connectivity index (χ3v) is 7.84. The predicted octanol–water partition coefficient (Wildman–Crippen LogP) is 6.02. The number of anilines is 1. The van der Waals surface area contributed by atoms with Crippen molar-refractivity contribution in [1.29, 1.82) is 0 Å². The van der Waals surface area contributed by atoms with Crippen molar-refractivity contribution in [3.8, 4) is 27.6 Å². The van der Waals surface area contributed by atoms with Crippen LogP contribution in [-0.4, -0.2) is 33.4 Å². The second kappa shape index (κ2) is 9.67. The lowest BCUT2D eigenvalue weighted by Gasteiger charge is -2.09. The van der Waals surface area contributed by atoms with Gasteiger partial charge in [0.2, 0.25) is 0 Å². The normalized spacial score (nSPS) is 11.1. The number of thioether (sulfide) groups is 1. The molecule has 0 aliphatic heterocycles. The van der Waals surface area contributed by atoms with Crippen molar-refractivity contribution in [2.75, 3.05) is 18.1 Å². The standard InChI is InChI=1S/C22H21N3O3S3/c1-2-3-9-30-22-19(23)18-15(13-4-6-14(7-5-13)28-12-17(26)27)11-16(25-21(18)31-22)20-24-8-10-29-20/h4-8,10-11H,2-3,9,12,23H2,1H3,(H,26,27). The maximum atomic E-state index is 10.7. The van der Waals surface area contributed by atoms with E-state index in [9.17, 15) is 4.79 Å². The number of carboxylic acids is 1. The van der Waals surface area contributed by atoms with Crippen LogP contribution in [0.25, 0.3) is 32.0 Å². The number of aromatic nitrogens is 2. The van der Waals surface area contributed by atoms with Gasteiger partial charge in [0.25, 0.3) is 0 Å². The van der Waals surface area contributed by atoms with Crippen molar-refractivity contribution < 1.29 is 14.6 Å². The van der Waals surface area contributed by atoms with Crippen LogP contribution in [0.3, 0.4) is 0 Å². The van der Waals surface area contributed by atoms with Crippen LogP contribution in [0.4, 0.5) is 5.69 Å². The topological polar surface area (TPSA) is 98.3 Å². The van der Waals surface area contributed by atoms with E-state index < -0.39 is 5.97 Å². The van der Waals surface area contributed by atoms with Crippen molar-refractivity contribution in [3.63, 3.8) is 0 Å². The zero-order valence-corrected chi connectivity index (χ0v) is 19.3. The first kappa shape index (κ1) is 21.6. The van der Waals surface area contributed by atoms with Gasteiger partial charge in [0.1, 0.15) is 21.3 Å². The first-order valence-electron chi connectivity index (χ1n) is 9.77. The summed E-state index contributed by atoms with van der Waals surface area (Å²) in [6.45, 7) is 1.81. The van der Waals surface area contributed by atoms with E-state index >= 15 is 0 Å². The van der Waals surface area contributed by atoms with Crippen molar-refractivity contribution in [2.24, 2.45) is 0 Å². The quantitative estimate of drug-likeness (QED) is 0.227. The number of unbranched alkanes of at least 4 members (excludes halogenated alkanes) is 1. The summed E-state index contributed by atoms with van der Waals surface area (Å²) in [6, 6.07) is 9.40. The van der Waals surface area contributed by atoms with Crippen LogP contribution in [0.2, 0.25) is 0 Å². The van der Waals surface area contributed by atoms with Crippen molar-refractivity contribution in [2.45, 2.75) is 24.0 Å². The fourth-order valence-electron chi connectivity index (χ4n) is 3.08. The molecule has 0 fully saturated rings. The number of nitrogen functional groups attached to an aromatic ring is 1. The van der Waals surface area contributed by atoms with E-state index in [0.717, 1.165) is 60.5 Å². The SMILES string of the molecule is CCCCSc1sc2nc(-c3nccs3)cc(-c3ccc(OCC(=O)O)cc3)c2c1N. The number of fused-ring (bicyclic) bond motifs is 1. The molecule has 4 aromatic rings. The average Bonchev–Trinajstić information content (AvgIpc) is 3.41. The lowest BCUT2D eigenvalue weighted by atomic mass is 10.0. The number of nitrogens with zero attached hydrogens (tertiary/aromatic N) is 2. The maximum absolute atomic E-state index is 10.7. The number of hydrogen-bond acceptors (Lipinski definition) is 8. The van der Waals surface area contributed by atoms with E-state index in [2.05, 4.69) is 11.9 Å². The monoisotopic (exact) mass is 471 g/mol. The molecular formula is C22H21N3O3S3. The molecule has 0 radical (unpaired) electrons. The number of thiophene rings is 1. The second-order valence-electron chi connectivity index (χ2n) is 6.78. The zero-order chi connectivity index (χ0) is 21.8. The highest BCUT2D eigenvalue weighted by Crippen LogP contribution is 2.45. The predicted molar refractivity (Wildman–Crippen MR) is 129 cm³/mol. The fourth-order valence-corrected chi connectivity index (χ4v) is 6.13. The molecule has 3 heterocycles. The largest absolute Gasteiger partial charge is 0.482 e. The Kier molecular flexibility index (Phi) is 6.74. The minimum Gasteiger partial charge on any atom is -0.482 e. The van der Waals surface area contributed by atoms with Gasteiger partial charge in [-0.2, -0.15) is 0 Å². The van der Waals surface area contributed by atoms with Gasteiger partial charge < -0.3 is 15.6 Å². The number of nitrogens with two attached hydrogens (primary N) is 1. The van der Waals surface area contributed by atoms with E-state index in [4.69, 9.17) is 20.6 Å². The Labute approximate surface area is 192 Å². The number of carbonyl (C=O) groups is 1. The molecular weight excluding hydrogens is 450 g/mol. The van der Waals surface area contributed by atoms with Crippen LogP contribution in [0.5, 0.6) is 5.75 Å². The minimum atomic E-state index is -1.01. The molecule has 31 heavy (non-hydrogen) atoms. The fraction of sp³-hybridized carbons (Fsp3) is 0.227. The van der Waals surface area contributed by atoms with E-state index in [1.807, 2.05) is 23.6 Å². The lowest BCUT2D eigenvalue weighted by molar-refractivity contribution is -0.139. The van der Waals surface area contributed by atoms with Crippen LogP contribution >= 0.6 is 34.4 Å². The summed E-state index contributed by atoms with van der Waals surface area (Å²) in [6.07, 6.45) is 4.06. The highest BCUT2D eigenvalue weighted by molar-refractivity contribution is 8.01. The molecule has 0 unspecified atom stereocenters. The summed E-state index contributed by atoms with van der Waals surface area (Å²) < 4.78 is 6.36. The van der Waals surface area contributed by atoms with Gasteiger partial charge >= 0.3 is 5.97 Å². The number of ether oxygens (including phenoxy) is 1. The molecule has 3 aromatic heterocycles. The molecule has 0 atom stereocenters. The number of thiazole rings is 1. The molecule has 0 bridgehead atoms. The second-order valence-corrected chi connectivity index (χ2v) is 10.0. The Morgan fingerprint density at radius 2 is 2.10 bits per heavy atom. The smallest absolute Gasteiger partial charge is 0.341 e. The number of pyridine rings is 1. The van der Waals surface area contributed by atoms with Gasteiger partial charge in [-0.05, 0) is 41.5 Å². The minimum absolute atomic E-state index is 0.372. The molecule has 0 aliphatic carbocycles. The summed E-state index contributed by atoms with van der Waals surface area (Å²) in [7, 11) is 0. The number of aliphatic carboxylic acids is 1. The van der Waals surface area contributed by atoms with Gasteiger partial charge in [0.15, 0.2) is 6.61 Å². The molecule has 4 rings (SSSR count). The van der Waals surface area contributed by atoms with Crippen molar-refractivity contribution in [1.82, 2.24) is 9.97 Å². The summed E-state index contributed by atoms with van der Waals surface area (Å²) in [5, 5.41) is 12.5. The summed E-state index contributed by atoms with van der Waals surface area (Å²) in [5.41, 5.74) is 10.1. The van der Waals surface area contributed by atoms with E-state index in [1.54, 1.807) is 52.8 Å². The van der Waals surface area contributed by atoms with Gasteiger partial charge in [-0.15, -0.1) is 34.4 Å². The van der Waals surface area contributed by atoms with Gasteiger partial charge in [-0.1, -0.05) is 25.5 Å². The van der Waals surface area contributed by atoms with Crippen LogP contribution in [0.1, 0.15) is 19.8 Å². The molecule has 0 saturated carbocycles. The van der Waals surface area contributed by atoms with Gasteiger partial charge in [-0.25, -0.2) is 14.8 Å². The Morgan fingerprint density at radius 1 is 1.29 bits per heavy atom. The van der Waals surface area contributed by atoms with Gasteiger partial charge in [-0.3, -0.25) is 0 Å². The van der Waals surface area contributed by atoms with Gasteiger partial charge in [0.05, 0.1) is 9.90 Å². The molecule has 9 heteroatoms. The Balaban J connectivity index is 1.78. The first-order valence-corrected chi connectivity index (χ1v) is 12.5. The molecule has 0 amide bonds. The number of benzene rings is 1. The molecule has 3 N–H and O–H groups in total. The lowest BCUT2D eigenvalue weighted by Crippen LogP contribution is -2.09. The Bertz CT molecular complexity index is 1190. The maximum Gasteiger partial charge on any atom is 0.341 e. The van der Waals surface area contributed by atoms with E-state index in [-0.39, 0.29) is 6.61 Å². The molecule has 0 spiro atoms. The zero-order valence-electron chi connectivity index (χ0n) is 16.8. The summed E-state index contributed by atoms with van der Waals surface area (Å²) >= 11 is 4.95. The highest BCUT2D eigenvalue weighted by atomic mass is 32.2. The molecule has 0 saturated heterocycles. The Morgan fingerprint density at radius 3 is 2.77 bits per heavy atom. The van der Waals surface area contributed by atoms with Crippen LogP contribution in [0, 0.1) is 0 Å². The van der Waals surface area contributed by atoms with Crippen LogP contribution in [0.15, 0.2) is 46.1 Å².